The zero-order chi connectivity index (χ0) is 10.8. The minimum atomic E-state index is 0.778. The first-order valence-electron chi connectivity index (χ1n) is 5.46. The van der Waals surface area contributed by atoms with E-state index >= 15 is 0 Å². The Morgan fingerprint density at radius 1 is 1.19 bits per heavy atom. The maximum atomic E-state index is 5.70. The monoisotopic (exact) mass is 213 g/mol. The van der Waals surface area contributed by atoms with E-state index in [0.29, 0.717) is 0 Å². The molecule has 0 unspecified atom stereocenters. The van der Waals surface area contributed by atoms with Crippen LogP contribution in [0.1, 0.15) is 0 Å². The van der Waals surface area contributed by atoms with Crippen LogP contribution in [-0.2, 0) is 0 Å². The zero-order valence-corrected chi connectivity index (χ0v) is 8.94. The summed E-state index contributed by atoms with van der Waals surface area (Å²) in [6, 6.07) is 15.4. The van der Waals surface area contributed by atoms with Gasteiger partial charge in [-0.25, -0.2) is 0 Å². The van der Waals surface area contributed by atoms with Gasteiger partial charge in [0, 0.05) is 19.2 Å². The summed E-state index contributed by atoms with van der Waals surface area (Å²) in [5.74, 6) is 0.780. The molecule has 16 heavy (non-hydrogen) atoms. The van der Waals surface area contributed by atoms with Crippen molar-refractivity contribution in [3.8, 4) is 5.75 Å². The molecule has 1 saturated heterocycles. The highest BCUT2D eigenvalue weighted by Gasteiger charge is 2.12. The number of benzene rings is 2. The molecule has 0 atom stereocenters. The van der Waals surface area contributed by atoms with Crippen LogP contribution in [0.25, 0.3) is 10.8 Å². The molecule has 1 aliphatic heterocycles. The first kappa shape index (κ1) is 9.63. The average molecular weight is 213 g/mol. The van der Waals surface area contributed by atoms with Crippen molar-refractivity contribution >= 4 is 10.8 Å². The molecule has 3 rings (SSSR count). The van der Waals surface area contributed by atoms with Crippen molar-refractivity contribution < 1.29 is 4.84 Å². The molecule has 1 N–H and O–H groups in total. The molecular formula is C13H13N2O. The lowest BCUT2D eigenvalue weighted by Gasteiger charge is -2.15. The number of nitrogens with one attached hydrogen (secondary N) is 1. The van der Waals surface area contributed by atoms with Crippen LogP contribution in [0.4, 0.5) is 0 Å². The summed E-state index contributed by atoms with van der Waals surface area (Å²) in [6.45, 7) is 2.68. The lowest BCUT2D eigenvalue weighted by atomic mass is 10.1. The molecule has 0 bridgehead atoms. The van der Waals surface area contributed by atoms with Gasteiger partial charge in [-0.05, 0) is 16.8 Å². The molecule has 2 aromatic rings. The third-order valence-corrected chi connectivity index (χ3v) is 2.69. The van der Waals surface area contributed by atoms with E-state index in [-0.39, 0.29) is 0 Å². The first-order valence-corrected chi connectivity index (χ1v) is 5.46. The van der Waals surface area contributed by atoms with Crippen LogP contribution in [0, 0.1) is 6.07 Å². The predicted molar refractivity (Wildman–Crippen MR) is 63.0 cm³/mol. The van der Waals surface area contributed by atoms with Crippen molar-refractivity contribution in [1.82, 2.24) is 10.4 Å². The van der Waals surface area contributed by atoms with E-state index < -0.39 is 0 Å². The molecule has 0 aliphatic carbocycles. The smallest absolute Gasteiger partial charge is 0.156 e. The fourth-order valence-corrected chi connectivity index (χ4v) is 1.85. The Bertz CT molecular complexity index is 492. The lowest BCUT2D eigenvalue weighted by Crippen LogP contribution is -2.25. The summed E-state index contributed by atoms with van der Waals surface area (Å²) in [5, 5.41) is 7.40. The minimum Gasteiger partial charge on any atom is -0.404 e. The van der Waals surface area contributed by atoms with Crippen LogP contribution in [0.5, 0.6) is 5.75 Å². The molecule has 0 amide bonds. The van der Waals surface area contributed by atoms with Gasteiger partial charge >= 0.3 is 0 Å². The van der Waals surface area contributed by atoms with Crippen molar-refractivity contribution in [1.29, 1.82) is 0 Å². The second-order valence-electron chi connectivity index (χ2n) is 3.86. The Kier molecular flexibility index (Phi) is 2.48. The van der Waals surface area contributed by atoms with E-state index in [2.05, 4.69) is 23.5 Å². The Morgan fingerprint density at radius 3 is 3.00 bits per heavy atom. The van der Waals surface area contributed by atoms with Gasteiger partial charge in [0.15, 0.2) is 5.75 Å². The maximum absolute atomic E-state index is 5.70. The second-order valence-corrected chi connectivity index (χ2v) is 3.86. The highest BCUT2D eigenvalue weighted by atomic mass is 16.7. The third kappa shape index (κ3) is 1.87. The van der Waals surface area contributed by atoms with Crippen molar-refractivity contribution in [3.63, 3.8) is 0 Å². The van der Waals surface area contributed by atoms with Gasteiger partial charge in [-0.1, -0.05) is 30.3 Å². The van der Waals surface area contributed by atoms with E-state index in [1.165, 1.54) is 5.39 Å². The molecule has 1 heterocycles. The maximum Gasteiger partial charge on any atom is 0.156 e. The molecule has 0 aromatic heterocycles. The standard InChI is InChI=1S/C13H13N2O/c1-2-4-12-9-13(6-5-11(12)3-1)16-15-8-7-14-10-15/h1-6,14H,7-8,10H2. The largest absolute Gasteiger partial charge is 0.404 e. The van der Waals surface area contributed by atoms with Crippen molar-refractivity contribution in [2.24, 2.45) is 0 Å². The van der Waals surface area contributed by atoms with Crippen molar-refractivity contribution in [3.05, 3.63) is 42.5 Å². The fourth-order valence-electron chi connectivity index (χ4n) is 1.85. The highest BCUT2D eigenvalue weighted by molar-refractivity contribution is 5.82. The third-order valence-electron chi connectivity index (χ3n) is 2.69. The minimum absolute atomic E-state index is 0.778. The van der Waals surface area contributed by atoms with E-state index in [1.807, 2.05) is 29.3 Å². The van der Waals surface area contributed by atoms with Crippen LogP contribution in [0.3, 0.4) is 0 Å². The summed E-state index contributed by atoms with van der Waals surface area (Å²) in [6.07, 6.45) is 0. The summed E-state index contributed by atoms with van der Waals surface area (Å²) < 4.78 is 0. The number of fused-ring (bicyclic) bond motifs is 1. The van der Waals surface area contributed by atoms with Gasteiger partial charge < -0.3 is 10.2 Å². The number of hydrogen-bond acceptors (Lipinski definition) is 3. The molecule has 0 saturated carbocycles. The predicted octanol–water partition coefficient (Wildman–Crippen LogP) is 1.80. The van der Waals surface area contributed by atoms with Crippen molar-refractivity contribution in [2.75, 3.05) is 19.8 Å². The summed E-state index contributed by atoms with van der Waals surface area (Å²) >= 11 is 0. The summed E-state index contributed by atoms with van der Waals surface area (Å²) in [7, 11) is 0. The molecule has 3 nitrogen and oxygen atoms in total. The second kappa shape index (κ2) is 4.12. The average Bonchev–Trinajstić information content (AvgIpc) is 2.82. The molecule has 3 heteroatoms. The van der Waals surface area contributed by atoms with Crippen LogP contribution in [0.2, 0.25) is 0 Å². The van der Waals surface area contributed by atoms with E-state index in [1.54, 1.807) is 0 Å². The molecule has 1 aliphatic rings. The Balaban J connectivity index is 1.86. The van der Waals surface area contributed by atoms with Gasteiger partial charge in [-0.2, -0.15) is 0 Å². The normalized spacial score (nSPS) is 16.8. The number of hydroxylamine groups is 2. The lowest BCUT2D eigenvalue weighted by molar-refractivity contribution is -0.0359. The molecular weight excluding hydrogens is 200 g/mol. The molecule has 81 valence electrons. The van der Waals surface area contributed by atoms with Crippen LogP contribution < -0.4 is 10.2 Å². The van der Waals surface area contributed by atoms with Gasteiger partial charge in [0.2, 0.25) is 0 Å². The van der Waals surface area contributed by atoms with Gasteiger partial charge in [0.25, 0.3) is 0 Å². The van der Waals surface area contributed by atoms with Crippen LogP contribution in [-0.4, -0.2) is 24.8 Å². The number of hydrogen-bond donors (Lipinski definition) is 1. The Labute approximate surface area is 94.6 Å². The van der Waals surface area contributed by atoms with Gasteiger partial charge in [0.05, 0.1) is 6.67 Å². The number of nitrogens with zero attached hydrogens (tertiary/aromatic N) is 1. The SMILES string of the molecule is [c]1c(ON2CCNC2)ccc2ccccc12. The van der Waals surface area contributed by atoms with Crippen molar-refractivity contribution in [2.45, 2.75) is 0 Å². The quantitative estimate of drug-likeness (QED) is 0.823. The van der Waals surface area contributed by atoms with E-state index in [4.69, 9.17) is 4.84 Å². The number of rotatable bonds is 2. The molecule has 1 fully saturated rings. The van der Waals surface area contributed by atoms with Gasteiger partial charge in [-0.15, -0.1) is 5.06 Å². The first-order chi connectivity index (χ1) is 7.92. The summed E-state index contributed by atoms with van der Waals surface area (Å²) in [4.78, 5) is 5.70. The molecule has 2 aromatic carbocycles. The molecule has 1 radical (unpaired) electrons. The Hall–Kier alpha value is -1.58. The van der Waals surface area contributed by atoms with E-state index in [0.717, 1.165) is 30.9 Å². The van der Waals surface area contributed by atoms with E-state index in [9.17, 15) is 0 Å². The van der Waals surface area contributed by atoms with Gasteiger partial charge in [0.1, 0.15) is 0 Å². The zero-order valence-electron chi connectivity index (χ0n) is 8.94. The van der Waals surface area contributed by atoms with Crippen LogP contribution >= 0.6 is 0 Å². The summed E-state index contributed by atoms with van der Waals surface area (Å²) in [5.41, 5.74) is 0. The van der Waals surface area contributed by atoms with Gasteiger partial charge in [-0.3, -0.25) is 0 Å². The Morgan fingerprint density at radius 2 is 2.12 bits per heavy atom. The fraction of sp³-hybridized carbons (Fsp3) is 0.231. The topological polar surface area (TPSA) is 24.5 Å². The molecule has 0 spiro atoms. The highest BCUT2D eigenvalue weighted by Crippen LogP contribution is 2.20. The van der Waals surface area contributed by atoms with Crippen LogP contribution in [0.15, 0.2) is 36.4 Å².